The van der Waals surface area contributed by atoms with Gasteiger partial charge in [0, 0.05) is 0 Å². The highest BCUT2D eigenvalue weighted by atomic mass is 14.3. The molecule has 0 aromatic rings. The van der Waals surface area contributed by atoms with Crippen LogP contribution in [0.2, 0.25) is 0 Å². The predicted molar refractivity (Wildman–Crippen MR) is 94.0 cm³/mol. The van der Waals surface area contributed by atoms with E-state index in [9.17, 15) is 0 Å². The van der Waals surface area contributed by atoms with Crippen LogP contribution in [0.1, 0.15) is 93.9 Å². The molecule has 0 saturated carbocycles. The summed E-state index contributed by atoms with van der Waals surface area (Å²) in [5.74, 6) is 5.37. The quantitative estimate of drug-likeness (QED) is 0.376. The van der Waals surface area contributed by atoms with Crippen LogP contribution in [0.25, 0.3) is 0 Å². The van der Waals surface area contributed by atoms with Crippen molar-refractivity contribution in [2.75, 3.05) is 0 Å². The van der Waals surface area contributed by atoms with Gasteiger partial charge in [0.05, 0.1) is 0 Å². The fourth-order valence-electron chi connectivity index (χ4n) is 4.10. The average molecular weight is 283 g/mol. The molecule has 0 saturated heterocycles. The zero-order valence-corrected chi connectivity index (χ0v) is 15.7. The van der Waals surface area contributed by atoms with Crippen LogP contribution >= 0.6 is 0 Å². The molecule has 0 aliphatic heterocycles. The molecule has 20 heavy (non-hydrogen) atoms. The van der Waals surface area contributed by atoms with Crippen molar-refractivity contribution in [3.8, 4) is 0 Å². The first-order valence-electron chi connectivity index (χ1n) is 9.37. The highest BCUT2D eigenvalue weighted by Gasteiger charge is 2.26. The highest BCUT2D eigenvalue weighted by molar-refractivity contribution is 4.76. The van der Waals surface area contributed by atoms with Crippen molar-refractivity contribution in [1.29, 1.82) is 0 Å². The van der Waals surface area contributed by atoms with Crippen LogP contribution in [0.3, 0.4) is 0 Å². The average Bonchev–Trinajstić information content (AvgIpc) is 2.39. The van der Waals surface area contributed by atoms with Crippen LogP contribution in [0.4, 0.5) is 0 Å². The van der Waals surface area contributed by atoms with E-state index in [1.165, 1.54) is 38.5 Å². The Labute approximate surface area is 130 Å². The molecule has 0 rings (SSSR count). The summed E-state index contributed by atoms with van der Waals surface area (Å²) in [6, 6.07) is 0. The van der Waals surface area contributed by atoms with E-state index in [0.717, 1.165) is 35.5 Å². The van der Waals surface area contributed by atoms with Gasteiger partial charge in [-0.3, -0.25) is 0 Å². The van der Waals surface area contributed by atoms with Crippen molar-refractivity contribution < 1.29 is 0 Å². The van der Waals surface area contributed by atoms with Crippen molar-refractivity contribution in [3.05, 3.63) is 0 Å². The molecule has 0 bridgehead atoms. The second-order valence-corrected chi connectivity index (χ2v) is 7.82. The van der Waals surface area contributed by atoms with E-state index in [0.29, 0.717) is 0 Å². The third kappa shape index (κ3) is 7.14. The maximum absolute atomic E-state index is 2.48. The monoisotopic (exact) mass is 282 g/mol. The van der Waals surface area contributed by atoms with Gasteiger partial charge >= 0.3 is 0 Å². The van der Waals surface area contributed by atoms with Gasteiger partial charge in [-0.2, -0.15) is 0 Å². The summed E-state index contributed by atoms with van der Waals surface area (Å²) in [6.45, 7) is 19.3. The molecule has 122 valence electrons. The molecule has 0 radical (unpaired) electrons. The number of hydrogen-bond acceptors (Lipinski definition) is 0. The Hall–Kier alpha value is 0. The summed E-state index contributed by atoms with van der Waals surface area (Å²) in [5, 5.41) is 0. The van der Waals surface area contributed by atoms with E-state index in [4.69, 9.17) is 0 Å². The van der Waals surface area contributed by atoms with Crippen LogP contribution in [-0.2, 0) is 0 Å². The Morgan fingerprint density at radius 1 is 0.600 bits per heavy atom. The standard InChI is InChI=1S/C20H42/c1-9-18(10-2)14-17(8)12-13-20(16(6)7)19(11-3)15(4)5/h15-20H,9-14H2,1-8H3. The topological polar surface area (TPSA) is 0 Å². The molecule has 3 unspecified atom stereocenters. The Bertz CT molecular complexity index is 212. The first-order valence-corrected chi connectivity index (χ1v) is 9.37. The number of hydrogen-bond donors (Lipinski definition) is 0. The maximum atomic E-state index is 2.48. The van der Waals surface area contributed by atoms with Crippen LogP contribution in [0.5, 0.6) is 0 Å². The lowest BCUT2D eigenvalue weighted by Gasteiger charge is -2.33. The van der Waals surface area contributed by atoms with E-state index in [-0.39, 0.29) is 0 Å². The minimum absolute atomic E-state index is 0.835. The first kappa shape index (κ1) is 20.0. The van der Waals surface area contributed by atoms with E-state index >= 15 is 0 Å². The summed E-state index contributed by atoms with van der Waals surface area (Å²) in [4.78, 5) is 0. The van der Waals surface area contributed by atoms with Crippen molar-refractivity contribution in [2.24, 2.45) is 35.5 Å². The lowest BCUT2D eigenvalue weighted by atomic mass is 9.72. The van der Waals surface area contributed by atoms with E-state index < -0.39 is 0 Å². The molecule has 0 spiro atoms. The third-order valence-electron chi connectivity index (χ3n) is 5.62. The summed E-state index contributed by atoms with van der Waals surface area (Å²) in [7, 11) is 0. The summed E-state index contributed by atoms with van der Waals surface area (Å²) < 4.78 is 0. The van der Waals surface area contributed by atoms with Crippen LogP contribution in [0.15, 0.2) is 0 Å². The Balaban J connectivity index is 4.40. The van der Waals surface area contributed by atoms with Gasteiger partial charge in [-0.25, -0.2) is 0 Å². The fraction of sp³-hybridized carbons (Fsp3) is 1.00. The molecular weight excluding hydrogens is 240 g/mol. The molecule has 0 fully saturated rings. The molecule has 3 atom stereocenters. The van der Waals surface area contributed by atoms with Crippen molar-refractivity contribution >= 4 is 0 Å². The van der Waals surface area contributed by atoms with Crippen LogP contribution in [-0.4, -0.2) is 0 Å². The van der Waals surface area contributed by atoms with Crippen molar-refractivity contribution in [1.82, 2.24) is 0 Å². The molecule has 0 aromatic carbocycles. The van der Waals surface area contributed by atoms with Crippen molar-refractivity contribution in [2.45, 2.75) is 93.9 Å². The van der Waals surface area contributed by atoms with Gasteiger partial charge < -0.3 is 0 Å². The molecule has 0 aromatic heterocycles. The van der Waals surface area contributed by atoms with Gasteiger partial charge in [-0.05, 0) is 48.3 Å². The van der Waals surface area contributed by atoms with Gasteiger partial charge in [-0.15, -0.1) is 0 Å². The van der Waals surface area contributed by atoms with Gasteiger partial charge in [0.2, 0.25) is 0 Å². The zero-order chi connectivity index (χ0) is 15.7. The van der Waals surface area contributed by atoms with Gasteiger partial charge in [-0.1, -0.05) is 81.1 Å². The molecule has 0 nitrogen and oxygen atoms in total. The SMILES string of the molecule is CCC(CC)CC(C)CCC(C(C)C)C(CC)C(C)C. The Morgan fingerprint density at radius 2 is 1.10 bits per heavy atom. The minimum atomic E-state index is 0.835. The van der Waals surface area contributed by atoms with Crippen LogP contribution < -0.4 is 0 Å². The first-order chi connectivity index (χ1) is 9.37. The second-order valence-electron chi connectivity index (χ2n) is 7.82. The Morgan fingerprint density at radius 3 is 1.45 bits per heavy atom. The normalized spacial score (nSPS) is 16.9. The van der Waals surface area contributed by atoms with Crippen LogP contribution in [0, 0.1) is 35.5 Å². The molecule has 0 aliphatic carbocycles. The van der Waals surface area contributed by atoms with Gasteiger partial charge in [0.1, 0.15) is 0 Å². The molecule has 0 heteroatoms. The molecule has 0 N–H and O–H groups in total. The Kier molecular flexibility index (Phi) is 10.7. The lowest BCUT2D eigenvalue weighted by Crippen LogP contribution is -2.25. The molecule has 0 amide bonds. The van der Waals surface area contributed by atoms with Gasteiger partial charge in [0.15, 0.2) is 0 Å². The summed E-state index contributed by atoms with van der Waals surface area (Å²) >= 11 is 0. The fourth-order valence-corrected chi connectivity index (χ4v) is 4.10. The van der Waals surface area contributed by atoms with Crippen molar-refractivity contribution in [3.63, 3.8) is 0 Å². The second kappa shape index (κ2) is 10.7. The minimum Gasteiger partial charge on any atom is -0.0651 e. The molecular formula is C20H42. The summed E-state index contributed by atoms with van der Waals surface area (Å²) in [6.07, 6.45) is 8.38. The molecule has 0 heterocycles. The number of rotatable bonds is 11. The smallest absolute Gasteiger partial charge is 0.0360 e. The third-order valence-corrected chi connectivity index (χ3v) is 5.62. The predicted octanol–water partition coefficient (Wildman–Crippen LogP) is 7.18. The maximum Gasteiger partial charge on any atom is -0.0360 e. The highest BCUT2D eigenvalue weighted by Crippen LogP contribution is 2.35. The van der Waals surface area contributed by atoms with E-state index in [1.54, 1.807) is 0 Å². The molecule has 0 aliphatic rings. The lowest BCUT2D eigenvalue weighted by molar-refractivity contribution is 0.165. The summed E-state index contributed by atoms with van der Waals surface area (Å²) in [5.41, 5.74) is 0. The van der Waals surface area contributed by atoms with E-state index in [1.807, 2.05) is 0 Å². The van der Waals surface area contributed by atoms with E-state index in [2.05, 4.69) is 55.4 Å². The largest absolute Gasteiger partial charge is 0.0651 e. The van der Waals surface area contributed by atoms with Gasteiger partial charge in [0.25, 0.3) is 0 Å². The zero-order valence-electron chi connectivity index (χ0n) is 15.7.